The van der Waals surface area contributed by atoms with Crippen LogP contribution in [0.3, 0.4) is 0 Å². The van der Waals surface area contributed by atoms with E-state index in [1.807, 2.05) is 24.3 Å². The fourth-order valence-electron chi connectivity index (χ4n) is 5.45. The fraction of sp³-hybridized carbons (Fsp3) is 0.256. The van der Waals surface area contributed by atoms with E-state index in [4.69, 9.17) is 33.2 Å². The summed E-state index contributed by atoms with van der Waals surface area (Å²) in [4.78, 5) is 49.7. The molecule has 0 aromatic heterocycles. The van der Waals surface area contributed by atoms with Crippen molar-refractivity contribution >= 4 is 35.3 Å². The van der Waals surface area contributed by atoms with Crippen molar-refractivity contribution in [2.24, 2.45) is 0 Å². The number of carbonyl (C=O) groups excluding carboxylic acids is 4. The van der Waals surface area contributed by atoms with Crippen LogP contribution in [0.15, 0.2) is 109 Å². The molecule has 56 heavy (non-hydrogen) atoms. The second-order valence-electron chi connectivity index (χ2n) is 14.2. The number of fused-ring (bicyclic) bond motifs is 1. The van der Waals surface area contributed by atoms with Crippen LogP contribution in [0.2, 0.25) is 0 Å². The van der Waals surface area contributed by atoms with Crippen molar-refractivity contribution in [2.75, 3.05) is 7.11 Å². The van der Waals surface area contributed by atoms with Gasteiger partial charge >= 0.3 is 24.5 Å². The highest BCUT2D eigenvalue weighted by molar-refractivity contribution is 5.92. The highest BCUT2D eigenvalue weighted by Crippen LogP contribution is 2.31. The Hall–Kier alpha value is -6.76. The summed E-state index contributed by atoms with van der Waals surface area (Å²) in [7, 11) is 1.54. The summed E-state index contributed by atoms with van der Waals surface area (Å²) in [6.45, 7) is 9.38. The van der Waals surface area contributed by atoms with Gasteiger partial charge in [-0.2, -0.15) is 0 Å². The molecule has 0 unspecified atom stereocenters. The van der Waals surface area contributed by atoms with Crippen LogP contribution in [-0.2, 0) is 29.0 Å². The van der Waals surface area contributed by atoms with E-state index in [-0.39, 0.29) is 24.6 Å². The predicted octanol–water partition coefficient (Wildman–Crippen LogP) is 9.28. The molecule has 0 aliphatic heterocycles. The van der Waals surface area contributed by atoms with Crippen molar-refractivity contribution in [2.45, 2.75) is 65.3 Å². The Morgan fingerprint density at radius 1 is 0.518 bits per heavy atom. The third kappa shape index (κ3) is 12.4. The number of methoxy groups -OCH3 is 1. The lowest BCUT2D eigenvalue weighted by Gasteiger charge is -2.26. The smallest absolute Gasteiger partial charge is 0.497 e. The molecule has 5 aromatic carbocycles. The van der Waals surface area contributed by atoms with Crippen LogP contribution in [0.4, 0.5) is 19.2 Å². The molecular formula is C43H44N2O11. The van der Waals surface area contributed by atoms with Gasteiger partial charge in [-0.05, 0) is 111 Å². The first kappa shape index (κ1) is 40.4. The van der Waals surface area contributed by atoms with E-state index in [0.717, 1.165) is 22.1 Å². The number of carbonyl (C=O) groups is 4. The Morgan fingerprint density at radius 2 is 0.964 bits per heavy atom. The second-order valence-corrected chi connectivity index (χ2v) is 14.2. The maximum absolute atomic E-state index is 12.8. The van der Waals surface area contributed by atoms with Crippen LogP contribution in [-0.4, -0.2) is 42.8 Å². The lowest BCUT2D eigenvalue weighted by atomic mass is 9.93. The molecule has 0 saturated carbocycles. The van der Waals surface area contributed by atoms with E-state index in [9.17, 15) is 19.2 Å². The summed E-state index contributed by atoms with van der Waals surface area (Å²) in [5.74, 6) is 1.78. The molecule has 292 valence electrons. The highest BCUT2D eigenvalue weighted by Gasteiger charge is 2.25. The van der Waals surface area contributed by atoms with Crippen molar-refractivity contribution < 1.29 is 52.3 Å². The molecule has 13 nitrogen and oxygen atoms in total. The number of ether oxygens (including phenoxy) is 7. The minimum absolute atomic E-state index is 0.173. The molecule has 0 spiro atoms. The quantitative estimate of drug-likeness (QED) is 0.0922. The number of benzene rings is 5. The molecule has 5 rings (SSSR count). The average Bonchev–Trinajstić information content (AvgIpc) is 3.14. The first-order valence-corrected chi connectivity index (χ1v) is 17.7. The summed E-state index contributed by atoms with van der Waals surface area (Å²) in [6, 6.07) is 30.6. The molecule has 0 heterocycles. The van der Waals surface area contributed by atoms with Gasteiger partial charge in [-0.1, -0.05) is 54.6 Å². The molecule has 0 aliphatic carbocycles. The third-order valence-electron chi connectivity index (χ3n) is 7.93. The van der Waals surface area contributed by atoms with Gasteiger partial charge in [-0.15, -0.1) is 0 Å². The summed E-state index contributed by atoms with van der Waals surface area (Å²) < 4.78 is 37.6. The Bertz CT molecular complexity index is 2140. The zero-order valence-corrected chi connectivity index (χ0v) is 32.0. The van der Waals surface area contributed by atoms with Crippen LogP contribution in [0.1, 0.15) is 51.3 Å². The van der Waals surface area contributed by atoms with Crippen molar-refractivity contribution in [3.8, 4) is 28.7 Å². The monoisotopic (exact) mass is 764 g/mol. The molecule has 2 amide bonds. The summed E-state index contributed by atoms with van der Waals surface area (Å²) in [5.41, 5.74) is 0.891. The topological polar surface area (TPSA) is 157 Å². The van der Waals surface area contributed by atoms with Gasteiger partial charge in [-0.3, -0.25) is 0 Å². The van der Waals surface area contributed by atoms with Crippen LogP contribution >= 0.6 is 0 Å². The van der Waals surface area contributed by atoms with E-state index in [1.54, 1.807) is 127 Å². The number of hydrogen-bond acceptors (Lipinski definition) is 11. The first-order valence-electron chi connectivity index (χ1n) is 17.7. The number of rotatable bonds is 12. The van der Waals surface area contributed by atoms with Crippen LogP contribution in [0.25, 0.3) is 10.8 Å². The summed E-state index contributed by atoms with van der Waals surface area (Å²) in [6.07, 6.45) is -2.59. The minimum atomic E-state index is -0.919. The van der Waals surface area contributed by atoms with Gasteiger partial charge in [0.2, 0.25) is 0 Å². The van der Waals surface area contributed by atoms with E-state index < -0.39 is 35.7 Å². The number of amides is 2. The third-order valence-corrected chi connectivity index (χ3v) is 7.93. The Balaban J connectivity index is 1.10. The van der Waals surface area contributed by atoms with Crippen molar-refractivity contribution in [1.82, 2.24) is 10.6 Å². The van der Waals surface area contributed by atoms with Gasteiger partial charge in [0.25, 0.3) is 0 Å². The summed E-state index contributed by atoms with van der Waals surface area (Å²) >= 11 is 0. The SMILES string of the molecule is COc1ccc(OC(=O)Oc2ccc(CNC(=O)OC(C)(C)Cc3cccc4c(OC(=O)Oc5ccc(CNC(=O)OC(C)(C)C)cc5)cccc34)cc2)cc1. The standard InChI is InChI=1S/C43H44N2O11/c1-42(2,3)55-38(46)44-26-28-15-19-33(20-16-28)53-41(49)54-37-12-8-10-35-30(9-7-11-36(35)37)25-43(4,5)56-39(47)45-27-29-13-17-32(18-14-29)51-40(48)52-34-23-21-31(50-6)22-24-34/h7-24H,25-27H2,1-6H3,(H,44,46)(H,45,47). The normalized spacial score (nSPS) is 11.2. The average molecular weight is 765 g/mol. The lowest BCUT2D eigenvalue weighted by molar-refractivity contribution is 0.0391. The van der Waals surface area contributed by atoms with Gasteiger partial charge in [0, 0.05) is 24.9 Å². The zero-order valence-electron chi connectivity index (χ0n) is 32.0. The number of alkyl carbamates (subject to hydrolysis) is 2. The number of hydrogen-bond donors (Lipinski definition) is 2. The van der Waals surface area contributed by atoms with E-state index >= 15 is 0 Å². The molecule has 0 aliphatic rings. The molecule has 13 heteroatoms. The van der Waals surface area contributed by atoms with Crippen molar-refractivity contribution in [1.29, 1.82) is 0 Å². The van der Waals surface area contributed by atoms with Gasteiger partial charge in [0.15, 0.2) is 0 Å². The molecule has 5 aromatic rings. The molecule has 0 atom stereocenters. The van der Waals surface area contributed by atoms with Crippen molar-refractivity contribution in [3.05, 3.63) is 126 Å². The molecule has 0 radical (unpaired) electrons. The number of nitrogens with one attached hydrogen (secondary N) is 2. The van der Waals surface area contributed by atoms with Gasteiger partial charge in [0.1, 0.15) is 39.9 Å². The minimum Gasteiger partial charge on any atom is -0.497 e. The maximum Gasteiger partial charge on any atom is 0.519 e. The van der Waals surface area contributed by atoms with E-state index in [2.05, 4.69) is 10.6 Å². The Morgan fingerprint density at radius 3 is 1.48 bits per heavy atom. The van der Waals surface area contributed by atoms with Gasteiger partial charge in [-0.25, -0.2) is 19.2 Å². The lowest BCUT2D eigenvalue weighted by Crippen LogP contribution is -2.36. The molecule has 0 saturated heterocycles. The Kier molecular flexibility index (Phi) is 13.0. The highest BCUT2D eigenvalue weighted by atomic mass is 16.7. The molecule has 2 N–H and O–H groups in total. The predicted molar refractivity (Wildman–Crippen MR) is 207 cm³/mol. The van der Waals surface area contributed by atoms with Crippen molar-refractivity contribution in [3.63, 3.8) is 0 Å². The fourth-order valence-corrected chi connectivity index (χ4v) is 5.45. The van der Waals surface area contributed by atoms with E-state index in [0.29, 0.717) is 29.1 Å². The molecular weight excluding hydrogens is 720 g/mol. The first-order chi connectivity index (χ1) is 26.6. The van der Waals surface area contributed by atoms with Crippen LogP contribution in [0, 0.1) is 0 Å². The molecule has 0 fully saturated rings. The second kappa shape index (κ2) is 18.0. The molecule has 0 bridgehead atoms. The van der Waals surface area contributed by atoms with Gasteiger partial charge in [0.05, 0.1) is 7.11 Å². The van der Waals surface area contributed by atoms with Crippen LogP contribution < -0.4 is 34.3 Å². The van der Waals surface area contributed by atoms with Crippen LogP contribution in [0.5, 0.6) is 28.7 Å². The van der Waals surface area contributed by atoms with E-state index in [1.165, 1.54) is 0 Å². The van der Waals surface area contributed by atoms with Gasteiger partial charge < -0.3 is 43.8 Å². The summed E-state index contributed by atoms with van der Waals surface area (Å²) in [5, 5.41) is 6.92. The largest absolute Gasteiger partial charge is 0.519 e. The zero-order chi connectivity index (χ0) is 40.3. The maximum atomic E-state index is 12.8. The Labute approximate surface area is 324 Å².